The van der Waals surface area contributed by atoms with Crippen molar-refractivity contribution in [2.75, 3.05) is 0 Å². The molecule has 0 aromatic rings. The maximum Gasteiger partial charge on any atom is 0.121 e. The highest BCUT2D eigenvalue weighted by atomic mass is 16.1. The molecule has 0 aromatic carbocycles. The third kappa shape index (κ3) is 1.18. The molecule has 2 aliphatic heterocycles. The molecule has 0 saturated carbocycles. The number of carbonyl (C=O) groups is 1. The highest BCUT2D eigenvalue weighted by molar-refractivity contribution is 5.50. The maximum atomic E-state index is 10.4. The number of carbonyl (C=O) groups excluding carboxylic acids is 1. The Morgan fingerprint density at radius 3 is 2.83 bits per heavy atom. The molecule has 0 unspecified atom stereocenters. The first-order chi connectivity index (χ1) is 5.83. The smallest absolute Gasteiger partial charge is 0.121 e. The van der Waals surface area contributed by atoms with Crippen molar-refractivity contribution in [3.8, 4) is 0 Å². The van der Waals surface area contributed by atoms with E-state index in [1.54, 1.807) is 0 Å². The quantitative estimate of drug-likeness (QED) is 0.582. The Labute approximate surface area is 73.9 Å². The number of hydrogen-bond acceptors (Lipinski definition) is 2. The highest BCUT2D eigenvalue weighted by Crippen LogP contribution is 2.37. The molecule has 0 N–H and O–H groups in total. The molecule has 2 rings (SSSR count). The molecule has 0 spiro atoms. The van der Waals surface area contributed by atoms with E-state index in [2.05, 4.69) is 11.8 Å². The highest BCUT2D eigenvalue weighted by Gasteiger charge is 2.39. The van der Waals surface area contributed by atoms with Gasteiger partial charge in [0.1, 0.15) is 6.29 Å². The Balaban J connectivity index is 2.03. The zero-order valence-electron chi connectivity index (χ0n) is 7.70. The van der Waals surface area contributed by atoms with Crippen LogP contribution in [-0.4, -0.2) is 29.3 Å². The first kappa shape index (κ1) is 8.24. The van der Waals surface area contributed by atoms with Gasteiger partial charge in [-0.05, 0) is 32.6 Å². The van der Waals surface area contributed by atoms with E-state index in [9.17, 15) is 4.79 Å². The van der Waals surface area contributed by atoms with E-state index in [0.717, 1.165) is 24.8 Å². The summed E-state index contributed by atoms with van der Waals surface area (Å²) in [6.45, 7) is 2.29. The van der Waals surface area contributed by atoms with Crippen LogP contribution in [0.3, 0.4) is 0 Å². The first-order valence-corrected chi connectivity index (χ1v) is 5.04. The Morgan fingerprint density at radius 1 is 1.33 bits per heavy atom. The molecular weight excluding hydrogens is 150 g/mol. The van der Waals surface area contributed by atoms with E-state index < -0.39 is 0 Å². The minimum atomic E-state index is 0.574. The van der Waals surface area contributed by atoms with Crippen molar-refractivity contribution in [1.29, 1.82) is 0 Å². The van der Waals surface area contributed by atoms with Crippen molar-refractivity contribution in [2.45, 2.75) is 57.2 Å². The van der Waals surface area contributed by atoms with Crippen molar-refractivity contribution in [3.63, 3.8) is 0 Å². The van der Waals surface area contributed by atoms with Crippen LogP contribution in [0.5, 0.6) is 0 Å². The molecule has 12 heavy (non-hydrogen) atoms. The molecule has 68 valence electrons. The molecule has 2 saturated heterocycles. The van der Waals surface area contributed by atoms with Crippen LogP contribution in [0.4, 0.5) is 0 Å². The van der Waals surface area contributed by atoms with Crippen molar-refractivity contribution < 1.29 is 4.79 Å². The largest absolute Gasteiger partial charge is 0.303 e. The summed E-state index contributed by atoms with van der Waals surface area (Å²) in [4.78, 5) is 13.0. The molecule has 2 heterocycles. The molecular formula is C10H17NO. The van der Waals surface area contributed by atoms with Gasteiger partial charge in [-0.1, -0.05) is 0 Å². The van der Waals surface area contributed by atoms with Gasteiger partial charge in [-0.25, -0.2) is 0 Å². The van der Waals surface area contributed by atoms with Crippen LogP contribution in [0.2, 0.25) is 0 Å². The van der Waals surface area contributed by atoms with Crippen LogP contribution in [-0.2, 0) is 4.79 Å². The fraction of sp³-hybridized carbons (Fsp3) is 0.900. The number of aldehydes is 1. The van der Waals surface area contributed by atoms with Gasteiger partial charge in [0.25, 0.3) is 0 Å². The third-order valence-electron chi connectivity index (χ3n) is 3.47. The summed E-state index contributed by atoms with van der Waals surface area (Å²) in [5.41, 5.74) is 0. The summed E-state index contributed by atoms with van der Waals surface area (Å²) in [7, 11) is 0. The van der Waals surface area contributed by atoms with Crippen LogP contribution in [0.25, 0.3) is 0 Å². The molecule has 2 heteroatoms. The minimum Gasteiger partial charge on any atom is -0.303 e. The maximum absolute atomic E-state index is 10.4. The summed E-state index contributed by atoms with van der Waals surface area (Å²) >= 11 is 0. The predicted molar refractivity (Wildman–Crippen MR) is 48.0 cm³/mol. The SMILES string of the molecule is C[C@@H]1CC[C@H]2CC[C@H](CC=O)N21. The van der Waals surface area contributed by atoms with E-state index in [1.807, 2.05) is 0 Å². The van der Waals surface area contributed by atoms with Crippen LogP contribution in [0.1, 0.15) is 39.0 Å². The lowest BCUT2D eigenvalue weighted by molar-refractivity contribution is -0.108. The van der Waals surface area contributed by atoms with Gasteiger partial charge in [-0.2, -0.15) is 0 Å². The summed E-state index contributed by atoms with van der Waals surface area (Å²) < 4.78 is 0. The van der Waals surface area contributed by atoms with Crippen molar-refractivity contribution in [3.05, 3.63) is 0 Å². The molecule has 0 aromatic heterocycles. The van der Waals surface area contributed by atoms with E-state index in [1.165, 1.54) is 25.7 Å². The number of fused-ring (bicyclic) bond motifs is 1. The minimum absolute atomic E-state index is 0.574. The topological polar surface area (TPSA) is 20.3 Å². The standard InChI is InChI=1S/C10H17NO/c1-8-2-3-9-4-5-10(6-7-12)11(8)9/h7-10H,2-6H2,1H3/t8-,9+,10-/m1/s1. The van der Waals surface area contributed by atoms with E-state index in [0.29, 0.717) is 6.04 Å². The third-order valence-corrected chi connectivity index (χ3v) is 3.47. The van der Waals surface area contributed by atoms with Crippen LogP contribution in [0.15, 0.2) is 0 Å². The van der Waals surface area contributed by atoms with Crippen LogP contribution >= 0.6 is 0 Å². The lowest BCUT2D eigenvalue weighted by Crippen LogP contribution is -2.36. The second-order valence-corrected chi connectivity index (χ2v) is 4.16. The Kier molecular flexibility index (Phi) is 2.18. The molecule has 3 atom stereocenters. The molecule has 2 nitrogen and oxygen atoms in total. The monoisotopic (exact) mass is 167 g/mol. The van der Waals surface area contributed by atoms with Gasteiger partial charge in [-0.3, -0.25) is 4.90 Å². The molecule has 2 fully saturated rings. The lowest BCUT2D eigenvalue weighted by atomic mass is 10.1. The summed E-state index contributed by atoms with van der Waals surface area (Å²) in [5, 5.41) is 0. The Hall–Kier alpha value is -0.370. The first-order valence-electron chi connectivity index (χ1n) is 5.04. The Morgan fingerprint density at radius 2 is 2.08 bits per heavy atom. The van der Waals surface area contributed by atoms with E-state index in [-0.39, 0.29) is 0 Å². The van der Waals surface area contributed by atoms with E-state index in [4.69, 9.17) is 0 Å². The lowest BCUT2D eigenvalue weighted by Gasteiger charge is -2.27. The van der Waals surface area contributed by atoms with Crippen molar-refractivity contribution in [1.82, 2.24) is 4.90 Å². The van der Waals surface area contributed by atoms with Gasteiger partial charge in [0, 0.05) is 24.5 Å². The average molecular weight is 167 g/mol. The van der Waals surface area contributed by atoms with Crippen molar-refractivity contribution in [2.24, 2.45) is 0 Å². The van der Waals surface area contributed by atoms with Gasteiger partial charge in [-0.15, -0.1) is 0 Å². The summed E-state index contributed by atoms with van der Waals surface area (Å²) in [5.74, 6) is 0. The number of hydrogen-bond donors (Lipinski definition) is 0. The number of rotatable bonds is 2. The molecule has 0 aliphatic carbocycles. The predicted octanol–water partition coefficient (Wildman–Crippen LogP) is 1.59. The number of nitrogens with zero attached hydrogens (tertiary/aromatic N) is 1. The second kappa shape index (κ2) is 3.17. The zero-order chi connectivity index (χ0) is 8.55. The normalized spacial score (nSPS) is 41.6. The fourth-order valence-electron chi connectivity index (χ4n) is 2.93. The van der Waals surface area contributed by atoms with E-state index >= 15 is 0 Å². The fourth-order valence-corrected chi connectivity index (χ4v) is 2.93. The van der Waals surface area contributed by atoms with Gasteiger partial charge in [0.15, 0.2) is 0 Å². The van der Waals surface area contributed by atoms with Gasteiger partial charge in [0.2, 0.25) is 0 Å². The van der Waals surface area contributed by atoms with Gasteiger partial charge in [0.05, 0.1) is 0 Å². The molecule has 0 bridgehead atoms. The summed E-state index contributed by atoms with van der Waals surface area (Å²) in [6, 6.07) is 2.11. The van der Waals surface area contributed by atoms with Crippen molar-refractivity contribution >= 4 is 6.29 Å². The second-order valence-electron chi connectivity index (χ2n) is 4.16. The zero-order valence-corrected chi connectivity index (χ0v) is 7.70. The van der Waals surface area contributed by atoms with Gasteiger partial charge >= 0.3 is 0 Å². The average Bonchev–Trinajstić information content (AvgIpc) is 2.58. The molecule has 0 radical (unpaired) electrons. The summed E-state index contributed by atoms with van der Waals surface area (Å²) in [6.07, 6.45) is 7.09. The molecule has 0 amide bonds. The van der Waals surface area contributed by atoms with Crippen LogP contribution in [0, 0.1) is 0 Å². The van der Waals surface area contributed by atoms with Gasteiger partial charge < -0.3 is 4.79 Å². The molecule has 2 aliphatic rings. The van der Waals surface area contributed by atoms with Crippen LogP contribution < -0.4 is 0 Å². The Bertz CT molecular complexity index is 181.